The molecule has 1 fully saturated rings. The van der Waals surface area contributed by atoms with E-state index < -0.39 is 0 Å². The second kappa shape index (κ2) is 7.26. The van der Waals surface area contributed by atoms with E-state index in [4.69, 9.17) is 9.47 Å². The molecule has 19 heavy (non-hydrogen) atoms. The molecule has 1 N–H and O–H groups in total. The molecule has 1 aliphatic rings. The number of carbonyl (C=O) groups excluding carboxylic acids is 1. The third-order valence-corrected chi connectivity index (χ3v) is 3.32. The topological polar surface area (TPSA) is 47.6 Å². The lowest BCUT2D eigenvalue weighted by molar-refractivity contribution is -0.133. The number of carbonyl (C=O) groups is 1. The number of methoxy groups -OCH3 is 1. The molecular weight excluding hydrogens is 242 g/mol. The normalized spacial score (nSPS) is 20.8. The zero-order valence-electron chi connectivity index (χ0n) is 11.3. The molecule has 0 bridgehead atoms. The molecule has 2 atom stereocenters. The largest absolute Gasteiger partial charge is 0.374 e. The van der Waals surface area contributed by atoms with Crippen LogP contribution in [0.25, 0.3) is 0 Å². The second-order valence-electron chi connectivity index (χ2n) is 4.79. The van der Waals surface area contributed by atoms with Crippen molar-refractivity contribution in [1.29, 1.82) is 0 Å². The maximum atomic E-state index is 12.0. The summed E-state index contributed by atoms with van der Waals surface area (Å²) in [5, 5.41) is 2.90. The zero-order valence-corrected chi connectivity index (χ0v) is 11.3. The van der Waals surface area contributed by atoms with Gasteiger partial charge in [-0.3, -0.25) is 4.79 Å². The highest BCUT2D eigenvalue weighted by Crippen LogP contribution is 2.16. The molecule has 1 aromatic carbocycles. The zero-order chi connectivity index (χ0) is 13.5. The fourth-order valence-electron chi connectivity index (χ4n) is 2.30. The number of rotatable bonds is 5. The van der Waals surface area contributed by atoms with Crippen molar-refractivity contribution in [3.8, 4) is 0 Å². The number of nitrogens with one attached hydrogen (secondary N) is 1. The Morgan fingerprint density at radius 2 is 2.21 bits per heavy atom. The van der Waals surface area contributed by atoms with Crippen molar-refractivity contribution in [2.45, 2.75) is 38.0 Å². The SMILES string of the molecule is CO[C@H](NC(=O)Cc1ccccc1)[C@@H]1CCCCO1. The summed E-state index contributed by atoms with van der Waals surface area (Å²) in [6.07, 6.45) is 3.14. The Kier molecular flexibility index (Phi) is 5.36. The summed E-state index contributed by atoms with van der Waals surface area (Å²) in [5.74, 6) is -0.0350. The van der Waals surface area contributed by atoms with Crippen LogP contribution in [0.3, 0.4) is 0 Å². The highest BCUT2D eigenvalue weighted by molar-refractivity contribution is 5.78. The monoisotopic (exact) mass is 263 g/mol. The fraction of sp³-hybridized carbons (Fsp3) is 0.533. The minimum absolute atomic E-state index is 0.0292. The summed E-state index contributed by atoms with van der Waals surface area (Å²) >= 11 is 0. The van der Waals surface area contributed by atoms with Crippen LogP contribution < -0.4 is 5.32 Å². The average molecular weight is 263 g/mol. The van der Waals surface area contributed by atoms with E-state index in [1.807, 2.05) is 30.3 Å². The third kappa shape index (κ3) is 4.33. The van der Waals surface area contributed by atoms with Gasteiger partial charge in [-0.05, 0) is 24.8 Å². The van der Waals surface area contributed by atoms with E-state index in [1.165, 1.54) is 0 Å². The molecule has 1 saturated heterocycles. The van der Waals surface area contributed by atoms with Crippen LogP contribution in [0.5, 0.6) is 0 Å². The van der Waals surface area contributed by atoms with E-state index in [0.29, 0.717) is 6.42 Å². The van der Waals surface area contributed by atoms with Crippen LogP contribution in [0, 0.1) is 0 Å². The molecule has 0 saturated carbocycles. The van der Waals surface area contributed by atoms with Crippen molar-refractivity contribution in [2.24, 2.45) is 0 Å². The molecule has 104 valence electrons. The van der Waals surface area contributed by atoms with Gasteiger partial charge in [0.15, 0.2) is 6.23 Å². The van der Waals surface area contributed by atoms with Crippen LogP contribution in [0.2, 0.25) is 0 Å². The lowest BCUT2D eigenvalue weighted by Gasteiger charge is -2.29. The summed E-state index contributed by atoms with van der Waals surface area (Å²) in [4.78, 5) is 12.0. The lowest BCUT2D eigenvalue weighted by atomic mass is 10.1. The molecule has 1 amide bonds. The quantitative estimate of drug-likeness (QED) is 0.825. The van der Waals surface area contributed by atoms with E-state index in [1.54, 1.807) is 7.11 Å². The highest BCUT2D eigenvalue weighted by atomic mass is 16.5. The molecule has 2 rings (SSSR count). The average Bonchev–Trinajstić information content (AvgIpc) is 2.47. The summed E-state index contributed by atoms with van der Waals surface area (Å²) in [7, 11) is 1.60. The van der Waals surface area contributed by atoms with E-state index in [0.717, 1.165) is 31.4 Å². The predicted octanol–water partition coefficient (Wildman–Crippen LogP) is 1.89. The van der Waals surface area contributed by atoms with Crippen LogP contribution in [-0.4, -0.2) is 32.0 Å². The molecule has 0 aromatic heterocycles. The summed E-state index contributed by atoms with van der Waals surface area (Å²) in [6.45, 7) is 0.749. The number of benzene rings is 1. The van der Waals surface area contributed by atoms with E-state index >= 15 is 0 Å². The highest BCUT2D eigenvalue weighted by Gasteiger charge is 2.25. The molecule has 4 heteroatoms. The number of ether oxygens (including phenoxy) is 2. The van der Waals surface area contributed by atoms with Crippen LogP contribution in [0.1, 0.15) is 24.8 Å². The van der Waals surface area contributed by atoms with Gasteiger partial charge in [0.2, 0.25) is 5.91 Å². The lowest BCUT2D eigenvalue weighted by Crippen LogP contribution is -2.47. The Labute approximate surface area is 114 Å². The first-order valence-corrected chi connectivity index (χ1v) is 6.77. The summed E-state index contributed by atoms with van der Waals surface area (Å²) < 4.78 is 11.0. The van der Waals surface area contributed by atoms with Crippen LogP contribution in [-0.2, 0) is 20.7 Å². The molecule has 1 heterocycles. The molecule has 1 aliphatic heterocycles. The van der Waals surface area contributed by atoms with Gasteiger partial charge in [0.1, 0.15) is 6.10 Å². The maximum Gasteiger partial charge on any atom is 0.226 e. The molecule has 1 aromatic rings. The Morgan fingerprint density at radius 3 is 2.84 bits per heavy atom. The van der Waals surface area contributed by atoms with Gasteiger partial charge in [0.25, 0.3) is 0 Å². The first kappa shape index (κ1) is 14.0. The smallest absolute Gasteiger partial charge is 0.226 e. The number of hydrogen-bond acceptors (Lipinski definition) is 3. The van der Waals surface area contributed by atoms with E-state index in [2.05, 4.69) is 5.32 Å². The number of hydrogen-bond donors (Lipinski definition) is 1. The van der Waals surface area contributed by atoms with Crippen LogP contribution >= 0.6 is 0 Å². The van der Waals surface area contributed by atoms with E-state index in [9.17, 15) is 4.79 Å². The minimum atomic E-state index is -0.350. The predicted molar refractivity (Wildman–Crippen MR) is 72.7 cm³/mol. The van der Waals surface area contributed by atoms with E-state index in [-0.39, 0.29) is 18.2 Å². The van der Waals surface area contributed by atoms with Crippen molar-refractivity contribution >= 4 is 5.91 Å². The maximum absolute atomic E-state index is 12.0. The van der Waals surface area contributed by atoms with Gasteiger partial charge >= 0.3 is 0 Å². The standard InChI is InChI=1S/C15H21NO3/c1-18-15(13-9-5-6-10-19-13)16-14(17)11-12-7-3-2-4-8-12/h2-4,7-8,13,15H,5-6,9-11H2,1H3,(H,16,17)/t13-,15-/m0/s1. The van der Waals surface area contributed by atoms with Crippen molar-refractivity contribution in [2.75, 3.05) is 13.7 Å². The summed E-state index contributed by atoms with van der Waals surface area (Å²) in [5.41, 5.74) is 0.999. The Hall–Kier alpha value is -1.39. The summed E-state index contributed by atoms with van der Waals surface area (Å²) in [6, 6.07) is 9.69. The van der Waals surface area contributed by atoms with Crippen molar-refractivity contribution in [1.82, 2.24) is 5.32 Å². The fourth-order valence-corrected chi connectivity index (χ4v) is 2.30. The third-order valence-electron chi connectivity index (χ3n) is 3.32. The Morgan fingerprint density at radius 1 is 1.42 bits per heavy atom. The minimum Gasteiger partial charge on any atom is -0.374 e. The Balaban J connectivity index is 1.85. The number of amides is 1. The van der Waals surface area contributed by atoms with Gasteiger partial charge in [-0.1, -0.05) is 30.3 Å². The molecular formula is C15H21NO3. The van der Waals surface area contributed by atoms with Gasteiger partial charge in [-0.25, -0.2) is 0 Å². The molecule has 0 unspecified atom stereocenters. The molecule has 0 spiro atoms. The van der Waals surface area contributed by atoms with Gasteiger partial charge in [0.05, 0.1) is 6.42 Å². The first-order chi connectivity index (χ1) is 9.29. The van der Waals surface area contributed by atoms with Crippen molar-refractivity contribution in [3.63, 3.8) is 0 Å². The van der Waals surface area contributed by atoms with Crippen LogP contribution in [0.4, 0.5) is 0 Å². The van der Waals surface area contributed by atoms with Gasteiger partial charge in [0, 0.05) is 13.7 Å². The molecule has 0 radical (unpaired) electrons. The van der Waals surface area contributed by atoms with Crippen LogP contribution in [0.15, 0.2) is 30.3 Å². The molecule has 0 aliphatic carbocycles. The van der Waals surface area contributed by atoms with Gasteiger partial charge < -0.3 is 14.8 Å². The van der Waals surface area contributed by atoms with Crippen molar-refractivity contribution < 1.29 is 14.3 Å². The Bertz CT molecular complexity index is 388. The van der Waals surface area contributed by atoms with Crippen molar-refractivity contribution in [3.05, 3.63) is 35.9 Å². The molecule has 4 nitrogen and oxygen atoms in total. The first-order valence-electron chi connectivity index (χ1n) is 6.77. The van der Waals surface area contributed by atoms with Gasteiger partial charge in [-0.2, -0.15) is 0 Å². The second-order valence-corrected chi connectivity index (χ2v) is 4.79. The van der Waals surface area contributed by atoms with Gasteiger partial charge in [-0.15, -0.1) is 0 Å².